The van der Waals surface area contributed by atoms with Gasteiger partial charge in [0.1, 0.15) is 5.78 Å². The van der Waals surface area contributed by atoms with Crippen LogP contribution >= 0.6 is 0 Å². The van der Waals surface area contributed by atoms with Crippen LogP contribution < -0.4 is 0 Å². The maximum Gasteiger partial charge on any atom is 0.141 e. The number of allylic oxidation sites excluding steroid dienone is 1. The van der Waals surface area contributed by atoms with Crippen molar-refractivity contribution in [2.45, 2.75) is 33.6 Å². The van der Waals surface area contributed by atoms with Gasteiger partial charge in [0.2, 0.25) is 0 Å². The highest BCUT2D eigenvalue weighted by Gasteiger charge is 2.06. The fourth-order valence-corrected chi connectivity index (χ4v) is 1.60. The molecule has 0 atom stereocenters. The van der Waals surface area contributed by atoms with Gasteiger partial charge in [-0.3, -0.25) is 4.79 Å². The predicted molar refractivity (Wildman–Crippen MR) is 64.1 cm³/mol. The van der Waals surface area contributed by atoms with Crippen LogP contribution in [-0.2, 0) is 11.2 Å². The topological polar surface area (TPSA) is 17.1 Å². The van der Waals surface area contributed by atoms with Gasteiger partial charge < -0.3 is 0 Å². The molecule has 0 N–H and O–H groups in total. The van der Waals surface area contributed by atoms with Crippen LogP contribution in [0.15, 0.2) is 30.4 Å². The SMILES string of the molecule is C=C(C)CC(=O)Cc1cc(C)ccc1C. The molecule has 15 heavy (non-hydrogen) atoms. The summed E-state index contributed by atoms with van der Waals surface area (Å²) in [5, 5.41) is 0. The van der Waals surface area contributed by atoms with E-state index in [1.54, 1.807) is 0 Å². The van der Waals surface area contributed by atoms with E-state index in [1.165, 1.54) is 11.1 Å². The van der Waals surface area contributed by atoms with E-state index in [2.05, 4.69) is 24.8 Å². The lowest BCUT2D eigenvalue weighted by Crippen LogP contribution is -2.04. The molecule has 0 fully saturated rings. The third kappa shape index (κ3) is 3.70. The highest BCUT2D eigenvalue weighted by molar-refractivity contribution is 5.83. The molecule has 0 saturated heterocycles. The number of carbonyl (C=O) groups excluding carboxylic acids is 1. The van der Waals surface area contributed by atoms with Crippen LogP contribution in [0.2, 0.25) is 0 Å². The monoisotopic (exact) mass is 202 g/mol. The summed E-state index contributed by atoms with van der Waals surface area (Å²) in [6.45, 7) is 9.74. The van der Waals surface area contributed by atoms with Crippen LogP contribution in [0.25, 0.3) is 0 Å². The van der Waals surface area contributed by atoms with Gasteiger partial charge in [-0.2, -0.15) is 0 Å². The predicted octanol–water partition coefficient (Wildman–Crippen LogP) is 3.38. The molecule has 1 aromatic carbocycles. The van der Waals surface area contributed by atoms with Crippen LogP contribution in [0.4, 0.5) is 0 Å². The van der Waals surface area contributed by atoms with E-state index in [-0.39, 0.29) is 5.78 Å². The van der Waals surface area contributed by atoms with Crippen molar-refractivity contribution in [3.63, 3.8) is 0 Å². The molecule has 1 heteroatoms. The normalized spacial score (nSPS) is 10.1. The Morgan fingerprint density at radius 1 is 1.33 bits per heavy atom. The summed E-state index contributed by atoms with van der Waals surface area (Å²) in [5.74, 6) is 0.246. The average molecular weight is 202 g/mol. The van der Waals surface area contributed by atoms with E-state index < -0.39 is 0 Å². The minimum Gasteiger partial charge on any atom is -0.299 e. The van der Waals surface area contributed by atoms with Gasteiger partial charge in [-0.25, -0.2) is 0 Å². The van der Waals surface area contributed by atoms with E-state index >= 15 is 0 Å². The largest absolute Gasteiger partial charge is 0.299 e. The third-order valence-electron chi connectivity index (χ3n) is 2.39. The van der Waals surface area contributed by atoms with Gasteiger partial charge in [0.25, 0.3) is 0 Å². The van der Waals surface area contributed by atoms with E-state index in [9.17, 15) is 4.79 Å². The van der Waals surface area contributed by atoms with Gasteiger partial charge in [0.15, 0.2) is 0 Å². The Kier molecular flexibility index (Phi) is 3.84. The molecule has 0 spiro atoms. The maximum atomic E-state index is 11.6. The first-order chi connectivity index (χ1) is 6.99. The zero-order chi connectivity index (χ0) is 11.4. The van der Waals surface area contributed by atoms with E-state index in [0.29, 0.717) is 12.8 Å². The second-order valence-electron chi connectivity index (χ2n) is 4.28. The van der Waals surface area contributed by atoms with Crippen LogP contribution in [0.5, 0.6) is 0 Å². The van der Waals surface area contributed by atoms with Crippen molar-refractivity contribution in [2.75, 3.05) is 0 Å². The molecule has 0 heterocycles. The molecule has 80 valence electrons. The van der Waals surface area contributed by atoms with Gasteiger partial charge in [0.05, 0.1) is 0 Å². The number of ketones is 1. The van der Waals surface area contributed by atoms with E-state index in [0.717, 1.165) is 11.1 Å². The molecule has 0 bridgehead atoms. The summed E-state index contributed by atoms with van der Waals surface area (Å²) in [4.78, 5) is 11.6. The third-order valence-corrected chi connectivity index (χ3v) is 2.39. The van der Waals surface area contributed by atoms with Crippen LogP contribution in [0, 0.1) is 13.8 Å². The van der Waals surface area contributed by atoms with Gasteiger partial charge in [-0.05, 0) is 31.9 Å². The van der Waals surface area contributed by atoms with Crippen LogP contribution in [0.1, 0.15) is 30.0 Å². The zero-order valence-corrected chi connectivity index (χ0v) is 9.76. The smallest absolute Gasteiger partial charge is 0.141 e. The number of hydrogen-bond donors (Lipinski definition) is 0. The molecule has 1 aromatic rings. The Morgan fingerprint density at radius 2 is 2.00 bits per heavy atom. The Hall–Kier alpha value is -1.37. The number of carbonyl (C=O) groups is 1. The van der Waals surface area contributed by atoms with Gasteiger partial charge in [0, 0.05) is 12.8 Å². The lowest BCUT2D eigenvalue weighted by atomic mass is 9.99. The highest BCUT2D eigenvalue weighted by atomic mass is 16.1. The number of aryl methyl sites for hydroxylation is 2. The molecule has 0 unspecified atom stereocenters. The van der Waals surface area contributed by atoms with Crippen molar-refractivity contribution in [1.82, 2.24) is 0 Å². The van der Waals surface area contributed by atoms with E-state index in [4.69, 9.17) is 0 Å². The maximum absolute atomic E-state index is 11.6. The van der Waals surface area contributed by atoms with Crippen molar-refractivity contribution >= 4 is 5.78 Å². The molecule has 0 radical (unpaired) electrons. The molecule has 0 aliphatic heterocycles. The molecule has 1 nitrogen and oxygen atoms in total. The number of hydrogen-bond acceptors (Lipinski definition) is 1. The summed E-state index contributed by atoms with van der Waals surface area (Å²) in [5.41, 5.74) is 4.47. The van der Waals surface area contributed by atoms with E-state index in [1.807, 2.05) is 20.8 Å². The first kappa shape index (κ1) is 11.7. The fourth-order valence-electron chi connectivity index (χ4n) is 1.60. The first-order valence-corrected chi connectivity index (χ1v) is 5.21. The minimum atomic E-state index is 0.246. The van der Waals surface area contributed by atoms with Gasteiger partial charge in [-0.15, -0.1) is 0 Å². The Bertz CT molecular complexity index is 388. The van der Waals surface area contributed by atoms with Crippen LogP contribution in [0.3, 0.4) is 0 Å². The molecule has 0 aliphatic carbocycles. The summed E-state index contributed by atoms with van der Waals surface area (Å²) in [6.07, 6.45) is 1.02. The Balaban J connectivity index is 2.76. The molecule has 1 rings (SSSR count). The first-order valence-electron chi connectivity index (χ1n) is 5.21. The zero-order valence-electron chi connectivity index (χ0n) is 9.76. The second kappa shape index (κ2) is 4.92. The number of rotatable bonds is 4. The minimum absolute atomic E-state index is 0.246. The number of benzene rings is 1. The van der Waals surface area contributed by atoms with Crippen molar-refractivity contribution in [1.29, 1.82) is 0 Å². The summed E-state index contributed by atoms with van der Waals surface area (Å²) >= 11 is 0. The average Bonchev–Trinajstić information content (AvgIpc) is 2.10. The second-order valence-corrected chi connectivity index (χ2v) is 4.28. The van der Waals surface area contributed by atoms with Crippen LogP contribution in [-0.4, -0.2) is 5.78 Å². The molecule has 0 aromatic heterocycles. The highest BCUT2D eigenvalue weighted by Crippen LogP contribution is 2.13. The van der Waals surface area contributed by atoms with Crippen molar-refractivity contribution < 1.29 is 4.79 Å². The van der Waals surface area contributed by atoms with Crippen molar-refractivity contribution in [3.8, 4) is 0 Å². The Morgan fingerprint density at radius 3 is 2.60 bits per heavy atom. The lowest BCUT2D eigenvalue weighted by Gasteiger charge is -2.06. The summed E-state index contributed by atoms with van der Waals surface area (Å²) in [6, 6.07) is 6.23. The standard InChI is InChI=1S/C14H18O/c1-10(2)7-14(15)9-13-8-11(3)5-6-12(13)4/h5-6,8H,1,7,9H2,2-4H3. The molecule has 0 saturated carbocycles. The molecular weight excluding hydrogens is 184 g/mol. The summed E-state index contributed by atoms with van der Waals surface area (Å²) < 4.78 is 0. The molecular formula is C14H18O. The number of Topliss-reactive ketones (excluding diaryl/α,β-unsaturated/α-hetero) is 1. The van der Waals surface area contributed by atoms with Crippen molar-refractivity contribution in [2.24, 2.45) is 0 Å². The van der Waals surface area contributed by atoms with Gasteiger partial charge >= 0.3 is 0 Å². The quantitative estimate of drug-likeness (QED) is 0.684. The fraction of sp³-hybridized carbons (Fsp3) is 0.357. The molecule has 0 amide bonds. The Labute approximate surface area is 91.8 Å². The van der Waals surface area contributed by atoms with Gasteiger partial charge in [-0.1, -0.05) is 35.9 Å². The summed E-state index contributed by atoms with van der Waals surface area (Å²) in [7, 11) is 0. The van der Waals surface area contributed by atoms with Crippen molar-refractivity contribution in [3.05, 3.63) is 47.0 Å². The molecule has 0 aliphatic rings. The lowest BCUT2D eigenvalue weighted by molar-refractivity contribution is -0.117.